The Morgan fingerprint density at radius 3 is 2.55 bits per heavy atom. The van der Waals surface area contributed by atoms with Crippen LogP contribution < -0.4 is 15.0 Å². The topological polar surface area (TPSA) is 37.4 Å². The second-order valence-corrected chi connectivity index (χ2v) is 5.80. The molecule has 4 heteroatoms. The summed E-state index contributed by atoms with van der Waals surface area (Å²) in [4.78, 5) is 7.03. The van der Waals surface area contributed by atoms with E-state index in [0.717, 1.165) is 37.9 Å². The molecule has 0 radical (unpaired) electrons. The summed E-state index contributed by atoms with van der Waals surface area (Å²) in [5.74, 6) is 1.85. The number of hydrogen-bond donors (Lipinski definition) is 1. The van der Waals surface area contributed by atoms with Gasteiger partial charge in [0, 0.05) is 32.2 Å². The summed E-state index contributed by atoms with van der Waals surface area (Å²) in [5.41, 5.74) is 0. The molecule has 1 saturated heterocycles. The van der Waals surface area contributed by atoms with Crippen LogP contribution in [0.2, 0.25) is 0 Å². The third-order valence-corrected chi connectivity index (χ3v) is 4.24. The Labute approximate surface area is 121 Å². The number of aromatic nitrogens is 1. The predicted octanol–water partition coefficient (Wildman–Crippen LogP) is 2.59. The molecule has 0 unspecified atom stereocenters. The average Bonchev–Trinajstić information content (AvgIpc) is 2.77. The molecule has 2 fully saturated rings. The van der Waals surface area contributed by atoms with Gasteiger partial charge < -0.3 is 15.0 Å². The van der Waals surface area contributed by atoms with Crippen molar-refractivity contribution in [2.24, 2.45) is 0 Å². The van der Waals surface area contributed by atoms with Gasteiger partial charge in [0.25, 0.3) is 0 Å². The third kappa shape index (κ3) is 3.63. The summed E-state index contributed by atoms with van der Waals surface area (Å²) >= 11 is 0. The van der Waals surface area contributed by atoms with Crippen LogP contribution in [-0.4, -0.2) is 37.3 Å². The fourth-order valence-electron chi connectivity index (χ4n) is 3.07. The van der Waals surface area contributed by atoms with E-state index in [0.29, 0.717) is 6.10 Å². The molecule has 0 aromatic carbocycles. The highest BCUT2D eigenvalue weighted by molar-refractivity contribution is 5.41. The summed E-state index contributed by atoms with van der Waals surface area (Å²) in [7, 11) is 0. The maximum Gasteiger partial charge on any atom is 0.215 e. The normalized spacial score (nSPS) is 21.5. The van der Waals surface area contributed by atoms with Crippen LogP contribution in [-0.2, 0) is 0 Å². The van der Waals surface area contributed by atoms with E-state index >= 15 is 0 Å². The minimum Gasteiger partial charge on any atom is -0.474 e. The molecule has 0 amide bonds. The average molecular weight is 275 g/mol. The Hall–Kier alpha value is -1.29. The van der Waals surface area contributed by atoms with Gasteiger partial charge in [-0.2, -0.15) is 4.98 Å². The highest BCUT2D eigenvalue weighted by Gasteiger charge is 2.16. The first-order valence-corrected chi connectivity index (χ1v) is 8.01. The molecule has 2 aliphatic rings. The molecular weight excluding hydrogens is 250 g/mol. The molecule has 20 heavy (non-hydrogen) atoms. The molecule has 1 aliphatic heterocycles. The molecular formula is C16H25N3O. The van der Waals surface area contributed by atoms with Gasteiger partial charge in [0.15, 0.2) is 0 Å². The lowest BCUT2D eigenvalue weighted by Gasteiger charge is -2.28. The second kappa shape index (κ2) is 6.93. The SMILES string of the molecule is c1cc(OC2CCCCCC2)nc(N2CCNCC2)c1. The van der Waals surface area contributed by atoms with Crippen molar-refractivity contribution in [3.05, 3.63) is 18.2 Å². The summed E-state index contributed by atoms with van der Waals surface area (Å²) in [5, 5.41) is 3.37. The molecule has 1 aliphatic carbocycles. The quantitative estimate of drug-likeness (QED) is 0.860. The number of ether oxygens (including phenoxy) is 1. The van der Waals surface area contributed by atoms with E-state index < -0.39 is 0 Å². The Bertz CT molecular complexity index is 410. The van der Waals surface area contributed by atoms with Gasteiger partial charge in [-0.25, -0.2) is 0 Å². The smallest absolute Gasteiger partial charge is 0.215 e. The van der Waals surface area contributed by atoms with E-state index in [-0.39, 0.29) is 0 Å². The van der Waals surface area contributed by atoms with Crippen molar-refractivity contribution in [1.82, 2.24) is 10.3 Å². The number of nitrogens with one attached hydrogen (secondary N) is 1. The monoisotopic (exact) mass is 275 g/mol. The number of rotatable bonds is 3. The van der Waals surface area contributed by atoms with E-state index in [1.54, 1.807) is 0 Å². The van der Waals surface area contributed by atoms with E-state index in [4.69, 9.17) is 9.72 Å². The zero-order valence-corrected chi connectivity index (χ0v) is 12.2. The van der Waals surface area contributed by atoms with Crippen molar-refractivity contribution >= 4 is 5.82 Å². The standard InChI is InChI=1S/C16H25N3O/c1-2-4-7-14(6-3-1)20-16-9-5-8-15(18-16)19-12-10-17-11-13-19/h5,8-9,14,17H,1-4,6-7,10-13H2. The molecule has 1 aromatic rings. The van der Waals surface area contributed by atoms with Gasteiger partial charge in [0.05, 0.1) is 0 Å². The number of piperazine rings is 1. The molecule has 0 atom stereocenters. The number of hydrogen-bond acceptors (Lipinski definition) is 4. The molecule has 1 saturated carbocycles. The highest BCUT2D eigenvalue weighted by Crippen LogP contribution is 2.23. The largest absolute Gasteiger partial charge is 0.474 e. The Morgan fingerprint density at radius 1 is 1.05 bits per heavy atom. The first-order valence-electron chi connectivity index (χ1n) is 8.01. The fraction of sp³-hybridized carbons (Fsp3) is 0.688. The van der Waals surface area contributed by atoms with E-state index in [2.05, 4.69) is 22.3 Å². The summed E-state index contributed by atoms with van der Waals surface area (Å²) in [6.45, 7) is 4.13. The fourth-order valence-corrected chi connectivity index (χ4v) is 3.07. The zero-order chi connectivity index (χ0) is 13.6. The van der Waals surface area contributed by atoms with E-state index in [9.17, 15) is 0 Å². The molecule has 1 aromatic heterocycles. The van der Waals surface area contributed by atoms with Crippen LogP contribution in [0.5, 0.6) is 5.88 Å². The lowest BCUT2D eigenvalue weighted by molar-refractivity contribution is 0.176. The van der Waals surface area contributed by atoms with E-state index in [1.165, 1.54) is 38.5 Å². The molecule has 0 spiro atoms. The number of pyridine rings is 1. The van der Waals surface area contributed by atoms with Crippen LogP contribution in [0.25, 0.3) is 0 Å². The number of anilines is 1. The van der Waals surface area contributed by atoms with Crippen LogP contribution in [0, 0.1) is 0 Å². The zero-order valence-electron chi connectivity index (χ0n) is 12.2. The van der Waals surface area contributed by atoms with Gasteiger partial charge in [0.2, 0.25) is 5.88 Å². The van der Waals surface area contributed by atoms with Crippen molar-refractivity contribution in [2.75, 3.05) is 31.1 Å². The summed E-state index contributed by atoms with van der Waals surface area (Å²) in [6.07, 6.45) is 8.02. The maximum atomic E-state index is 6.11. The Balaban J connectivity index is 1.64. The lowest BCUT2D eigenvalue weighted by Crippen LogP contribution is -2.43. The highest BCUT2D eigenvalue weighted by atomic mass is 16.5. The van der Waals surface area contributed by atoms with Crippen molar-refractivity contribution in [2.45, 2.75) is 44.6 Å². The van der Waals surface area contributed by atoms with Crippen molar-refractivity contribution in [1.29, 1.82) is 0 Å². The molecule has 1 N–H and O–H groups in total. The molecule has 4 nitrogen and oxygen atoms in total. The third-order valence-electron chi connectivity index (χ3n) is 4.24. The minimum absolute atomic E-state index is 0.364. The van der Waals surface area contributed by atoms with Gasteiger partial charge in [-0.15, -0.1) is 0 Å². The van der Waals surface area contributed by atoms with Crippen LogP contribution in [0.15, 0.2) is 18.2 Å². The Morgan fingerprint density at radius 2 is 1.80 bits per heavy atom. The van der Waals surface area contributed by atoms with Crippen LogP contribution in [0.3, 0.4) is 0 Å². The van der Waals surface area contributed by atoms with Gasteiger partial charge in [-0.3, -0.25) is 0 Å². The first-order chi connectivity index (χ1) is 9.92. The van der Waals surface area contributed by atoms with Crippen LogP contribution in [0.1, 0.15) is 38.5 Å². The van der Waals surface area contributed by atoms with Crippen molar-refractivity contribution in [3.8, 4) is 5.88 Å². The molecule has 3 rings (SSSR count). The molecule has 110 valence electrons. The van der Waals surface area contributed by atoms with Gasteiger partial charge in [-0.05, 0) is 31.7 Å². The molecule has 0 bridgehead atoms. The van der Waals surface area contributed by atoms with Crippen LogP contribution >= 0.6 is 0 Å². The summed E-state index contributed by atoms with van der Waals surface area (Å²) < 4.78 is 6.11. The predicted molar refractivity (Wildman–Crippen MR) is 81.4 cm³/mol. The van der Waals surface area contributed by atoms with E-state index in [1.807, 2.05) is 6.07 Å². The Kier molecular flexibility index (Phi) is 4.74. The van der Waals surface area contributed by atoms with Crippen molar-refractivity contribution in [3.63, 3.8) is 0 Å². The first kappa shape index (κ1) is 13.7. The minimum atomic E-state index is 0.364. The van der Waals surface area contributed by atoms with Gasteiger partial charge in [0.1, 0.15) is 11.9 Å². The van der Waals surface area contributed by atoms with Gasteiger partial charge >= 0.3 is 0 Å². The van der Waals surface area contributed by atoms with Crippen LogP contribution in [0.4, 0.5) is 5.82 Å². The second-order valence-electron chi connectivity index (χ2n) is 5.80. The lowest BCUT2D eigenvalue weighted by atomic mass is 10.1. The summed E-state index contributed by atoms with van der Waals surface area (Å²) in [6, 6.07) is 6.15. The molecule has 2 heterocycles. The van der Waals surface area contributed by atoms with Crippen molar-refractivity contribution < 1.29 is 4.74 Å². The maximum absolute atomic E-state index is 6.11. The number of nitrogens with zero attached hydrogens (tertiary/aromatic N) is 2. The van der Waals surface area contributed by atoms with Gasteiger partial charge in [-0.1, -0.05) is 18.9 Å².